The van der Waals surface area contributed by atoms with Crippen molar-refractivity contribution in [3.8, 4) is 5.75 Å². The molecule has 1 atom stereocenters. The van der Waals surface area contributed by atoms with Crippen LogP contribution in [0, 0.1) is 0 Å². The van der Waals surface area contributed by atoms with Gasteiger partial charge in [-0.15, -0.1) is 0 Å². The SMILES string of the molecule is COC(=O)C1=C(C)N=c2s/c(=C/c3ccc(N(C)C)cc3)c(=O)n2C1c1ccc(OC(C)=O)cc1. The lowest BCUT2D eigenvalue weighted by Gasteiger charge is -2.24. The Labute approximate surface area is 206 Å². The standard InChI is InChI=1S/C26H25N3O5S/c1-15-22(25(32)33-5)23(18-8-12-20(13-9-18)34-16(2)30)29-24(31)21(35-26(29)27-15)14-17-6-10-19(11-7-17)28(3)4/h6-14,23H,1-5H3/b21-14+. The number of ether oxygens (including phenoxy) is 2. The lowest BCUT2D eigenvalue weighted by Crippen LogP contribution is -2.39. The number of fused-ring (bicyclic) bond motifs is 1. The molecule has 35 heavy (non-hydrogen) atoms. The first-order valence-corrected chi connectivity index (χ1v) is 11.7. The van der Waals surface area contributed by atoms with Crippen LogP contribution in [0.1, 0.15) is 31.0 Å². The highest BCUT2D eigenvalue weighted by molar-refractivity contribution is 7.07. The van der Waals surface area contributed by atoms with Crippen LogP contribution in [0.25, 0.3) is 6.08 Å². The Morgan fingerprint density at radius 1 is 1.09 bits per heavy atom. The van der Waals surface area contributed by atoms with E-state index in [0.29, 0.717) is 26.3 Å². The number of carbonyl (C=O) groups excluding carboxylic acids is 2. The zero-order valence-electron chi connectivity index (χ0n) is 20.1. The van der Waals surface area contributed by atoms with Crippen molar-refractivity contribution in [3.05, 3.63) is 90.6 Å². The number of carbonyl (C=O) groups is 2. The molecule has 1 unspecified atom stereocenters. The average Bonchev–Trinajstić information content (AvgIpc) is 3.12. The van der Waals surface area contributed by atoms with Gasteiger partial charge in [0.2, 0.25) is 0 Å². The van der Waals surface area contributed by atoms with Gasteiger partial charge in [0, 0.05) is 26.7 Å². The summed E-state index contributed by atoms with van der Waals surface area (Å²) in [5, 5.41) is 0. The Bertz CT molecular complexity index is 1500. The molecule has 0 spiro atoms. The average molecular weight is 492 g/mol. The molecule has 0 saturated heterocycles. The van der Waals surface area contributed by atoms with Crippen molar-refractivity contribution in [2.75, 3.05) is 26.1 Å². The largest absolute Gasteiger partial charge is 0.466 e. The maximum atomic E-state index is 13.6. The fraction of sp³-hybridized carbons (Fsp3) is 0.231. The lowest BCUT2D eigenvalue weighted by molar-refractivity contribution is -0.136. The highest BCUT2D eigenvalue weighted by atomic mass is 32.1. The van der Waals surface area contributed by atoms with Crippen molar-refractivity contribution in [1.29, 1.82) is 0 Å². The number of anilines is 1. The van der Waals surface area contributed by atoms with Crippen molar-refractivity contribution in [3.63, 3.8) is 0 Å². The summed E-state index contributed by atoms with van der Waals surface area (Å²) >= 11 is 1.26. The monoisotopic (exact) mass is 491 g/mol. The van der Waals surface area contributed by atoms with Gasteiger partial charge in [0.05, 0.1) is 29.0 Å². The maximum Gasteiger partial charge on any atom is 0.338 e. The Hall–Kier alpha value is -3.98. The summed E-state index contributed by atoms with van der Waals surface area (Å²) in [4.78, 5) is 44.7. The van der Waals surface area contributed by atoms with E-state index in [1.54, 1.807) is 31.2 Å². The van der Waals surface area contributed by atoms with Crippen molar-refractivity contribution in [1.82, 2.24) is 4.57 Å². The zero-order chi connectivity index (χ0) is 25.3. The second kappa shape index (κ2) is 9.71. The number of hydrogen-bond acceptors (Lipinski definition) is 8. The van der Waals surface area contributed by atoms with Gasteiger partial charge in [-0.2, -0.15) is 0 Å². The molecule has 2 heterocycles. The summed E-state index contributed by atoms with van der Waals surface area (Å²) in [6, 6.07) is 13.8. The molecule has 1 aromatic heterocycles. The third kappa shape index (κ3) is 4.81. The van der Waals surface area contributed by atoms with Gasteiger partial charge in [-0.05, 0) is 48.4 Å². The first kappa shape index (κ1) is 24.2. The number of benzene rings is 2. The van der Waals surface area contributed by atoms with Gasteiger partial charge in [0.1, 0.15) is 5.75 Å². The predicted molar refractivity (Wildman–Crippen MR) is 134 cm³/mol. The van der Waals surface area contributed by atoms with E-state index in [2.05, 4.69) is 4.99 Å². The number of aromatic nitrogens is 1. The van der Waals surface area contributed by atoms with Crippen molar-refractivity contribution in [2.24, 2.45) is 4.99 Å². The Kier molecular flexibility index (Phi) is 6.70. The minimum atomic E-state index is -0.733. The van der Waals surface area contributed by atoms with E-state index in [9.17, 15) is 14.4 Å². The molecule has 1 aliphatic heterocycles. The van der Waals surface area contributed by atoms with Crippen LogP contribution in [0.3, 0.4) is 0 Å². The van der Waals surface area contributed by atoms with Crippen molar-refractivity contribution < 1.29 is 19.1 Å². The molecule has 4 rings (SSSR count). The summed E-state index contributed by atoms with van der Waals surface area (Å²) in [5.74, 6) is -0.626. The van der Waals surface area contributed by atoms with Crippen LogP contribution in [0.5, 0.6) is 5.75 Å². The van der Waals surface area contributed by atoms with Crippen LogP contribution in [0.4, 0.5) is 5.69 Å². The molecule has 1 aliphatic rings. The highest BCUT2D eigenvalue weighted by Crippen LogP contribution is 2.31. The number of nitrogens with zero attached hydrogens (tertiary/aromatic N) is 3. The topological polar surface area (TPSA) is 90.2 Å². The summed E-state index contributed by atoms with van der Waals surface area (Å²) < 4.78 is 12.2. The van der Waals surface area contributed by atoms with Crippen LogP contribution >= 0.6 is 11.3 Å². The molecule has 0 saturated carbocycles. The first-order chi connectivity index (χ1) is 16.7. The molecule has 0 aliphatic carbocycles. The summed E-state index contributed by atoms with van der Waals surface area (Å²) in [6.07, 6.45) is 1.82. The normalized spacial score (nSPS) is 15.3. The van der Waals surface area contributed by atoms with Gasteiger partial charge in [0.25, 0.3) is 5.56 Å². The van der Waals surface area contributed by atoms with Crippen LogP contribution in [0.15, 0.2) is 69.6 Å². The number of thiazole rings is 1. The molecular formula is C26H25N3O5S. The van der Waals surface area contributed by atoms with E-state index < -0.39 is 18.0 Å². The molecule has 180 valence electrons. The van der Waals surface area contributed by atoms with Crippen LogP contribution in [0.2, 0.25) is 0 Å². The van der Waals surface area contributed by atoms with Gasteiger partial charge >= 0.3 is 11.9 Å². The van der Waals surface area contributed by atoms with Gasteiger partial charge in [-0.3, -0.25) is 14.2 Å². The van der Waals surface area contributed by atoms with Crippen LogP contribution in [-0.2, 0) is 14.3 Å². The van der Waals surface area contributed by atoms with Crippen LogP contribution in [-0.4, -0.2) is 37.7 Å². The number of allylic oxidation sites excluding steroid dienone is 1. The Balaban J connectivity index is 1.86. The predicted octanol–water partition coefficient (Wildman–Crippen LogP) is 2.40. The summed E-state index contributed by atoms with van der Waals surface area (Å²) in [5.41, 5.74) is 3.11. The number of hydrogen-bond donors (Lipinski definition) is 0. The fourth-order valence-electron chi connectivity index (χ4n) is 3.91. The minimum Gasteiger partial charge on any atom is -0.466 e. The van der Waals surface area contributed by atoms with Gasteiger partial charge in [-0.25, -0.2) is 9.79 Å². The molecule has 0 radical (unpaired) electrons. The molecule has 0 N–H and O–H groups in total. The molecule has 9 heteroatoms. The second-order valence-corrected chi connectivity index (χ2v) is 9.23. The molecule has 3 aromatic rings. The van der Waals surface area contributed by atoms with Gasteiger partial charge < -0.3 is 14.4 Å². The van der Waals surface area contributed by atoms with Crippen molar-refractivity contribution in [2.45, 2.75) is 19.9 Å². The Morgan fingerprint density at radius 2 is 1.74 bits per heavy atom. The number of rotatable bonds is 5. The smallest absolute Gasteiger partial charge is 0.338 e. The molecule has 0 amide bonds. The number of esters is 2. The molecule has 0 fully saturated rings. The van der Waals surface area contributed by atoms with Gasteiger partial charge in [0.15, 0.2) is 4.80 Å². The van der Waals surface area contributed by atoms with E-state index in [4.69, 9.17) is 9.47 Å². The molecule has 0 bridgehead atoms. The van der Waals surface area contributed by atoms with E-state index in [1.165, 1.54) is 29.9 Å². The summed E-state index contributed by atoms with van der Waals surface area (Å²) in [6.45, 7) is 3.05. The van der Waals surface area contributed by atoms with E-state index in [-0.39, 0.29) is 11.1 Å². The quantitative estimate of drug-likeness (QED) is 0.402. The molecule has 2 aromatic carbocycles. The maximum absolute atomic E-state index is 13.6. The highest BCUT2D eigenvalue weighted by Gasteiger charge is 2.33. The Morgan fingerprint density at radius 3 is 2.31 bits per heavy atom. The number of methoxy groups -OCH3 is 1. The second-order valence-electron chi connectivity index (χ2n) is 8.22. The summed E-state index contributed by atoms with van der Waals surface area (Å²) in [7, 11) is 5.23. The fourth-order valence-corrected chi connectivity index (χ4v) is 4.96. The third-order valence-electron chi connectivity index (χ3n) is 5.59. The zero-order valence-corrected chi connectivity index (χ0v) is 20.9. The van der Waals surface area contributed by atoms with Crippen LogP contribution < -0.4 is 24.5 Å². The molecule has 8 nitrogen and oxygen atoms in total. The third-order valence-corrected chi connectivity index (χ3v) is 6.57. The first-order valence-electron chi connectivity index (χ1n) is 10.9. The van der Waals surface area contributed by atoms with E-state index in [0.717, 1.165) is 11.3 Å². The van der Waals surface area contributed by atoms with Crippen molar-refractivity contribution >= 4 is 35.0 Å². The minimum absolute atomic E-state index is 0.256. The van der Waals surface area contributed by atoms with E-state index in [1.807, 2.05) is 49.3 Å². The lowest BCUT2D eigenvalue weighted by atomic mass is 9.96. The molecular weight excluding hydrogens is 466 g/mol. The van der Waals surface area contributed by atoms with E-state index >= 15 is 0 Å². The van der Waals surface area contributed by atoms with Gasteiger partial charge in [-0.1, -0.05) is 35.6 Å².